The van der Waals surface area contributed by atoms with Crippen molar-refractivity contribution in [3.05, 3.63) is 0 Å². The van der Waals surface area contributed by atoms with Crippen molar-refractivity contribution >= 4 is 7.81 Å². The molecule has 0 aliphatic carbocycles. The van der Waals surface area contributed by atoms with Crippen LogP contribution in [0.2, 0.25) is 0 Å². The molecule has 0 unspecified atom stereocenters. The molecule has 0 atom stereocenters. The number of halogens is 10. The summed E-state index contributed by atoms with van der Waals surface area (Å²) in [6.07, 6.45) is 0. The first-order chi connectivity index (χ1) is 5.51. The molecule has 0 N–H and O–H groups in total. The van der Waals surface area contributed by atoms with Gasteiger partial charge in [-0.15, -0.1) is 0 Å². The van der Waals surface area contributed by atoms with Crippen molar-refractivity contribution in [1.82, 2.24) is 0 Å². The van der Waals surface area contributed by atoms with Crippen molar-refractivity contribution < 1.29 is 48.2 Å². The number of hydrogen-bond acceptors (Lipinski definition) is 0. The van der Waals surface area contributed by atoms with E-state index in [2.05, 4.69) is 0 Å². The molecule has 0 heterocycles. The number of rotatable bonds is 2. The summed E-state index contributed by atoms with van der Waals surface area (Å²) in [5.74, 6) is 0. The van der Waals surface area contributed by atoms with Crippen LogP contribution in [0.5, 0.6) is 0 Å². The predicted octanol–water partition coefficient (Wildman–Crippen LogP) is 4.81. The summed E-state index contributed by atoms with van der Waals surface area (Å²) in [6.45, 7) is -2.73. The molecule has 0 aliphatic rings. The zero-order chi connectivity index (χ0) is 12.3. The average molecular weight is 263 g/mol. The van der Waals surface area contributed by atoms with Gasteiger partial charge in [0.15, 0.2) is 0 Å². The van der Waals surface area contributed by atoms with E-state index in [0.717, 1.165) is 0 Å². The van der Waals surface area contributed by atoms with Crippen LogP contribution in [0, 0.1) is 0 Å². The summed E-state index contributed by atoms with van der Waals surface area (Å²) < 4.78 is 102. The van der Waals surface area contributed by atoms with Crippen LogP contribution >= 0.6 is 7.81 Å². The van der Waals surface area contributed by atoms with Crippen molar-refractivity contribution in [2.24, 2.45) is 0 Å². The van der Waals surface area contributed by atoms with Gasteiger partial charge in [0, 0.05) is 0 Å². The number of alkyl halides is 1. The second-order valence-electron chi connectivity index (χ2n) is 1.92. The first-order valence-corrected chi connectivity index (χ1v) is 4.63. The molecule has 12 heteroatoms. The van der Waals surface area contributed by atoms with E-state index in [1.54, 1.807) is 0 Å². The van der Waals surface area contributed by atoms with E-state index in [1.807, 2.05) is 0 Å². The van der Waals surface area contributed by atoms with Gasteiger partial charge in [-0.25, -0.2) is 4.39 Å². The molecule has 0 rings (SSSR count). The van der Waals surface area contributed by atoms with Gasteiger partial charge >= 0.3 is 33.0 Å². The van der Waals surface area contributed by atoms with Crippen molar-refractivity contribution in [3.63, 3.8) is 0 Å². The van der Waals surface area contributed by atoms with Crippen LogP contribution in [0.4, 0.5) is 43.0 Å². The van der Waals surface area contributed by atoms with Crippen LogP contribution < -0.4 is 0 Å². The van der Waals surface area contributed by atoms with E-state index in [4.69, 9.17) is 0 Å². The molecule has 0 spiro atoms. The Bertz CT molecular complexity index is 158. The molecule has 0 aromatic carbocycles. The van der Waals surface area contributed by atoms with Gasteiger partial charge in [0.05, 0.1) is 13.4 Å². The van der Waals surface area contributed by atoms with E-state index >= 15 is 0 Å². The Morgan fingerprint density at radius 2 is 1.00 bits per heavy atom. The summed E-state index contributed by atoms with van der Waals surface area (Å²) in [7, 11) is -10.7. The third-order valence-electron chi connectivity index (χ3n) is 0.338. The molecule has 0 bridgehead atoms. The SMILES string of the molecule is FCC[N+](F)(F)F.F[P-](F)(F)(F)(F)F. The maximum absolute atomic E-state index is 10.8. The van der Waals surface area contributed by atoms with Crippen molar-refractivity contribution in [1.29, 1.82) is 0 Å². The molecule has 14 heavy (non-hydrogen) atoms. The predicted molar refractivity (Wildman–Crippen MR) is 28.0 cm³/mol. The summed E-state index contributed by atoms with van der Waals surface area (Å²) >= 11 is 0. The minimum atomic E-state index is -10.7. The van der Waals surface area contributed by atoms with E-state index in [-0.39, 0.29) is 0 Å². The van der Waals surface area contributed by atoms with E-state index < -0.39 is 26.2 Å². The Hall–Kier alpha value is -0.310. The van der Waals surface area contributed by atoms with Gasteiger partial charge < -0.3 is 0 Å². The fourth-order valence-electron chi connectivity index (χ4n) is 0.0958. The van der Waals surface area contributed by atoms with Gasteiger partial charge in [-0.1, -0.05) is 0 Å². The molecule has 0 saturated heterocycles. The second-order valence-corrected chi connectivity index (χ2v) is 3.84. The minimum absolute atomic E-state index is 1.34. The number of hydrogen-bond donors (Lipinski definition) is 0. The van der Waals surface area contributed by atoms with Crippen LogP contribution in [-0.4, -0.2) is 18.4 Å². The van der Waals surface area contributed by atoms with Crippen LogP contribution in [-0.2, 0) is 0 Å². The van der Waals surface area contributed by atoms with Gasteiger partial charge in [0.1, 0.15) is 6.67 Å². The van der Waals surface area contributed by atoms with E-state index in [1.165, 1.54) is 0 Å². The molecule has 0 amide bonds. The molecule has 0 fully saturated rings. The first-order valence-electron chi connectivity index (χ1n) is 2.60. The molecule has 0 aromatic rings. The number of nitrogens with zero attached hydrogens (tertiary/aromatic N) is 1. The summed E-state index contributed by atoms with van der Waals surface area (Å²) in [4.78, 5) is 0. The van der Waals surface area contributed by atoms with Gasteiger partial charge in [-0.2, -0.15) is 0 Å². The zero-order valence-corrected chi connectivity index (χ0v) is 6.98. The Balaban J connectivity index is 0. The fourth-order valence-corrected chi connectivity index (χ4v) is 0.0958. The fraction of sp³-hybridized carbons (Fsp3) is 1.00. The van der Waals surface area contributed by atoms with Crippen LogP contribution in [0.15, 0.2) is 0 Å². The number of quaternary nitrogens is 1. The van der Waals surface area contributed by atoms with E-state index in [0.29, 0.717) is 0 Å². The van der Waals surface area contributed by atoms with Crippen molar-refractivity contribution in [2.75, 3.05) is 13.2 Å². The van der Waals surface area contributed by atoms with Crippen LogP contribution in [0.3, 0.4) is 0 Å². The van der Waals surface area contributed by atoms with E-state index in [9.17, 15) is 43.0 Å². The molecular formula is C2H4F10NP. The summed E-state index contributed by atoms with van der Waals surface area (Å²) in [5.41, 5.74) is 0. The molecule has 0 aliphatic heterocycles. The zero-order valence-electron chi connectivity index (χ0n) is 6.09. The molecule has 1 nitrogen and oxygen atoms in total. The van der Waals surface area contributed by atoms with Crippen LogP contribution in [0.1, 0.15) is 0 Å². The van der Waals surface area contributed by atoms with Crippen molar-refractivity contribution in [3.8, 4) is 0 Å². The molecule has 0 saturated carbocycles. The van der Waals surface area contributed by atoms with Crippen LogP contribution in [0.25, 0.3) is 0 Å². The average Bonchev–Trinajstić information content (AvgIpc) is 1.48. The molecular weight excluding hydrogens is 259 g/mol. The third kappa shape index (κ3) is 98.1. The monoisotopic (exact) mass is 263 g/mol. The molecule has 0 aromatic heterocycles. The quantitative estimate of drug-likeness (QED) is 0.381. The summed E-state index contributed by atoms with van der Waals surface area (Å²) in [5, 5.41) is -3.78. The van der Waals surface area contributed by atoms with Gasteiger partial charge in [0.2, 0.25) is 11.7 Å². The topological polar surface area (TPSA) is 0 Å². The Morgan fingerprint density at radius 1 is 0.786 bits per heavy atom. The van der Waals surface area contributed by atoms with Crippen molar-refractivity contribution in [2.45, 2.75) is 0 Å². The second kappa shape index (κ2) is 3.37. The third-order valence-corrected chi connectivity index (χ3v) is 0.338. The summed E-state index contributed by atoms with van der Waals surface area (Å²) in [6, 6.07) is 0. The molecule has 0 radical (unpaired) electrons. The van der Waals surface area contributed by atoms with Gasteiger partial charge in [-0.3, -0.25) is 0 Å². The van der Waals surface area contributed by atoms with Gasteiger partial charge in [-0.05, 0) is 0 Å². The Kier molecular flexibility index (Phi) is 3.88. The maximum atomic E-state index is 10.8. The Morgan fingerprint density at radius 3 is 1.00 bits per heavy atom. The normalized spacial score (nSPS) is 17.6. The Labute approximate surface area is 70.5 Å². The standard InChI is InChI=1S/C2H4F4N.F6P/c3-1-2-7(4,5)6;1-7(2,3,4,5)6/h1-2H2;/q+1;-1. The first kappa shape index (κ1) is 16.1. The van der Waals surface area contributed by atoms with Gasteiger partial charge in [0.25, 0.3) is 0 Å². The molecule has 92 valence electrons.